The Morgan fingerprint density at radius 3 is 2.17 bits per heavy atom. The van der Waals surface area contributed by atoms with Gasteiger partial charge in [0.05, 0.1) is 13.2 Å². The summed E-state index contributed by atoms with van der Waals surface area (Å²) in [4.78, 5) is 0. The molecule has 0 aliphatic rings. The highest BCUT2D eigenvalue weighted by molar-refractivity contribution is 5.35. The minimum absolute atomic E-state index is 0.0833. The van der Waals surface area contributed by atoms with Crippen LogP contribution in [0.3, 0.4) is 0 Å². The van der Waals surface area contributed by atoms with Crippen LogP contribution in [-0.2, 0) is 9.47 Å². The standard InChI is InChI=1S/C14H23NO3/c1-10(15-11(2)14(17-4)18-5)12-8-6-7-9-13(12)16-3/h6-11,14-15H,1-5H3/t10-,11?/m0/s1. The van der Waals surface area contributed by atoms with E-state index in [9.17, 15) is 0 Å². The molecule has 0 spiro atoms. The van der Waals surface area contributed by atoms with Gasteiger partial charge in [0, 0.05) is 25.8 Å². The Morgan fingerprint density at radius 2 is 1.61 bits per heavy atom. The maximum absolute atomic E-state index is 5.36. The highest BCUT2D eigenvalue weighted by atomic mass is 16.7. The zero-order chi connectivity index (χ0) is 13.5. The highest BCUT2D eigenvalue weighted by Crippen LogP contribution is 2.24. The molecule has 4 heteroatoms. The third-order valence-electron chi connectivity index (χ3n) is 2.99. The lowest BCUT2D eigenvalue weighted by Gasteiger charge is -2.26. The summed E-state index contributed by atoms with van der Waals surface area (Å²) in [6, 6.07) is 8.22. The van der Waals surface area contributed by atoms with Crippen molar-refractivity contribution >= 4 is 0 Å². The van der Waals surface area contributed by atoms with Gasteiger partial charge in [0.15, 0.2) is 6.29 Å². The maximum atomic E-state index is 5.36. The van der Waals surface area contributed by atoms with Gasteiger partial charge in [-0.15, -0.1) is 0 Å². The molecule has 1 N–H and O–H groups in total. The van der Waals surface area contributed by atoms with Crippen LogP contribution in [0.4, 0.5) is 0 Å². The third kappa shape index (κ3) is 3.70. The third-order valence-corrected chi connectivity index (χ3v) is 2.99. The molecule has 1 aromatic rings. The van der Waals surface area contributed by atoms with Gasteiger partial charge in [-0.25, -0.2) is 0 Å². The topological polar surface area (TPSA) is 39.7 Å². The number of rotatable bonds is 7. The van der Waals surface area contributed by atoms with Crippen molar-refractivity contribution in [1.29, 1.82) is 0 Å². The molecule has 0 aliphatic carbocycles. The van der Waals surface area contributed by atoms with Crippen LogP contribution in [0.15, 0.2) is 24.3 Å². The summed E-state index contributed by atoms with van der Waals surface area (Å²) in [5, 5.41) is 3.44. The number of methoxy groups -OCH3 is 3. The average Bonchev–Trinajstić information content (AvgIpc) is 2.40. The van der Waals surface area contributed by atoms with Crippen molar-refractivity contribution in [3.63, 3.8) is 0 Å². The first kappa shape index (κ1) is 15.0. The fraction of sp³-hybridized carbons (Fsp3) is 0.571. The van der Waals surface area contributed by atoms with Crippen molar-refractivity contribution in [2.24, 2.45) is 0 Å². The summed E-state index contributed by atoms with van der Waals surface area (Å²) in [5.74, 6) is 0.885. The van der Waals surface area contributed by atoms with Crippen LogP contribution < -0.4 is 10.1 Å². The molecule has 0 heterocycles. The molecule has 102 valence electrons. The fourth-order valence-corrected chi connectivity index (χ4v) is 2.09. The summed E-state index contributed by atoms with van der Waals surface area (Å²) < 4.78 is 15.8. The van der Waals surface area contributed by atoms with Gasteiger partial charge >= 0.3 is 0 Å². The molecular formula is C14H23NO3. The van der Waals surface area contributed by atoms with E-state index in [0.29, 0.717) is 0 Å². The van der Waals surface area contributed by atoms with Crippen molar-refractivity contribution in [2.45, 2.75) is 32.2 Å². The Bertz CT molecular complexity index is 353. The van der Waals surface area contributed by atoms with Crippen LogP contribution in [0.2, 0.25) is 0 Å². The van der Waals surface area contributed by atoms with Crippen molar-refractivity contribution in [3.8, 4) is 5.75 Å². The van der Waals surface area contributed by atoms with Crippen LogP contribution in [0.25, 0.3) is 0 Å². The Morgan fingerprint density at radius 1 is 1.00 bits per heavy atom. The SMILES string of the molecule is COc1ccccc1[C@H](C)NC(C)C(OC)OC. The lowest BCUT2D eigenvalue weighted by Crippen LogP contribution is -2.40. The van der Waals surface area contributed by atoms with Crippen molar-refractivity contribution in [2.75, 3.05) is 21.3 Å². The lowest BCUT2D eigenvalue weighted by atomic mass is 10.1. The molecular weight excluding hydrogens is 230 g/mol. The number of para-hydroxylation sites is 1. The molecule has 1 unspecified atom stereocenters. The minimum Gasteiger partial charge on any atom is -0.496 e. The Kier molecular flexibility index (Phi) is 6.12. The molecule has 0 saturated carbocycles. The predicted octanol–water partition coefficient (Wildman–Crippen LogP) is 2.35. The van der Waals surface area contributed by atoms with E-state index in [0.717, 1.165) is 11.3 Å². The normalized spacial score (nSPS) is 14.6. The first-order chi connectivity index (χ1) is 8.63. The van der Waals surface area contributed by atoms with Gasteiger partial charge in [0.1, 0.15) is 5.75 Å². The summed E-state index contributed by atoms with van der Waals surface area (Å²) in [5.41, 5.74) is 1.12. The van der Waals surface area contributed by atoms with Crippen LogP contribution >= 0.6 is 0 Å². The molecule has 18 heavy (non-hydrogen) atoms. The summed E-state index contributed by atoms with van der Waals surface area (Å²) >= 11 is 0. The number of ether oxygens (including phenoxy) is 3. The molecule has 0 amide bonds. The molecule has 1 rings (SSSR count). The van der Waals surface area contributed by atoms with Crippen molar-refractivity contribution in [3.05, 3.63) is 29.8 Å². The lowest BCUT2D eigenvalue weighted by molar-refractivity contribution is -0.120. The number of hydrogen-bond acceptors (Lipinski definition) is 4. The Labute approximate surface area is 109 Å². The Hall–Kier alpha value is -1.10. The van der Waals surface area contributed by atoms with E-state index in [4.69, 9.17) is 14.2 Å². The molecule has 0 aliphatic heterocycles. The van der Waals surface area contributed by atoms with E-state index in [1.807, 2.05) is 25.1 Å². The van der Waals surface area contributed by atoms with Gasteiger partial charge in [0.25, 0.3) is 0 Å². The second kappa shape index (κ2) is 7.36. The highest BCUT2D eigenvalue weighted by Gasteiger charge is 2.19. The van der Waals surface area contributed by atoms with E-state index in [1.54, 1.807) is 21.3 Å². The van der Waals surface area contributed by atoms with E-state index in [-0.39, 0.29) is 18.4 Å². The minimum atomic E-state index is -0.262. The zero-order valence-corrected chi connectivity index (χ0v) is 11.8. The molecule has 0 aromatic heterocycles. The van der Waals surface area contributed by atoms with Crippen LogP contribution in [0, 0.1) is 0 Å². The van der Waals surface area contributed by atoms with Gasteiger partial charge in [-0.3, -0.25) is 0 Å². The zero-order valence-electron chi connectivity index (χ0n) is 11.8. The predicted molar refractivity (Wildman–Crippen MR) is 71.8 cm³/mol. The fourth-order valence-electron chi connectivity index (χ4n) is 2.09. The van der Waals surface area contributed by atoms with Gasteiger partial charge < -0.3 is 19.5 Å². The average molecular weight is 253 g/mol. The molecule has 0 saturated heterocycles. The Balaban J connectivity index is 2.72. The number of hydrogen-bond donors (Lipinski definition) is 1. The number of nitrogens with one attached hydrogen (secondary N) is 1. The van der Waals surface area contributed by atoms with Gasteiger partial charge in [-0.1, -0.05) is 18.2 Å². The maximum Gasteiger partial charge on any atom is 0.171 e. The van der Waals surface area contributed by atoms with Crippen molar-refractivity contribution < 1.29 is 14.2 Å². The van der Waals surface area contributed by atoms with E-state index in [2.05, 4.69) is 18.3 Å². The summed E-state index contributed by atoms with van der Waals surface area (Å²) in [6.45, 7) is 4.13. The first-order valence-electron chi connectivity index (χ1n) is 6.08. The van der Waals surface area contributed by atoms with Crippen LogP contribution in [0.5, 0.6) is 5.75 Å². The number of benzene rings is 1. The van der Waals surface area contributed by atoms with E-state index < -0.39 is 0 Å². The van der Waals surface area contributed by atoms with Crippen LogP contribution in [-0.4, -0.2) is 33.7 Å². The largest absolute Gasteiger partial charge is 0.496 e. The van der Waals surface area contributed by atoms with Gasteiger partial charge in [-0.2, -0.15) is 0 Å². The first-order valence-corrected chi connectivity index (χ1v) is 6.08. The smallest absolute Gasteiger partial charge is 0.171 e. The summed E-state index contributed by atoms with van der Waals surface area (Å²) in [7, 11) is 4.96. The molecule has 4 nitrogen and oxygen atoms in total. The monoisotopic (exact) mass is 253 g/mol. The van der Waals surface area contributed by atoms with Crippen molar-refractivity contribution in [1.82, 2.24) is 5.32 Å². The molecule has 0 fully saturated rings. The van der Waals surface area contributed by atoms with Crippen LogP contribution in [0.1, 0.15) is 25.5 Å². The quantitative estimate of drug-likeness (QED) is 0.757. The van der Waals surface area contributed by atoms with E-state index in [1.165, 1.54) is 0 Å². The van der Waals surface area contributed by atoms with E-state index >= 15 is 0 Å². The second-order valence-electron chi connectivity index (χ2n) is 4.26. The molecule has 2 atom stereocenters. The molecule has 0 radical (unpaired) electrons. The molecule has 1 aromatic carbocycles. The second-order valence-corrected chi connectivity index (χ2v) is 4.26. The molecule has 0 bridgehead atoms. The van der Waals surface area contributed by atoms with Gasteiger partial charge in [0.2, 0.25) is 0 Å². The summed E-state index contributed by atoms with van der Waals surface area (Å²) in [6.07, 6.45) is -0.262. The van der Waals surface area contributed by atoms with Gasteiger partial charge in [-0.05, 0) is 19.9 Å².